The van der Waals surface area contributed by atoms with Crippen molar-refractivity contribution < 1.29 is 4.74 Å². The Bertz CT molecular complexity index is 366. The van der Waals surface area contributed by atoms with Gasteiger partial charge in [-0.05, 0) is 49.9 Å². The van der Waals surface area contributed by atoms with Crippen molar-refractivity contribution in [2.75, 3.05) is 0 Å². The van der Waals surface area contributed by atoms with Crippen LogP contribution in [0.15, 0.2) is 28.7 Å². The third-order valence-corrected chi connectivity index (χ3v) is 4.32. The molecule has 2 heterocycles. The van der Waals surface area contributed by atoms with Gasteiger partial charge >= 0.3 is 0 Å². The van der Waals surface area contributed by atoms with Crippen LogP contribution in [0.5, 0.6) is 5.75 Å². The second-order valence-corrected chi connectivity index (χ2v) is 6.07. The molecule has 2 aliphatic rings. The maximum atomic E-state index is 6.09. The second-order valence-electron chi connectivity index (χ2n) is 5.16. The van der Waals surface area contributed by atoms with E-state index >= 15 is 0 Å². The Hall–Kier alpha value is -0.540. The highest BCUT2D eigenvalue weighted by Crippen LogP contribution is 2.28. The lowest BCUT2D eigenvalue weighted by Gasteiger charge is -2.40. The predicted molar refractivity (Wildman–Crippen MR) is 72.4 cm³/mol. The van der Waals surface area contributed by atoms with Crippen LogP contribution in [-0.2, 0) is 0 Å². The van der Waals surface area contributed by atoms with E-state index in [4.69, 9.17) is 4.74 Å². The molecule has 2 fully saturated rings. The fraction of sp³-hybridized carbons (Fsp3) is 0.571. The Morgan fingerprint density at radius 2 is 1.71 bits per heavy atom. The first kappa shape index (κ1) is 11.5. The van der Waals surface area contributed by atoms with Crippen LogP contribution in [0.25, 0.3) is 0 Å². The SMILES string of the molecule is Brc1ccc(OC2C[C@H]3CCC[C@@H](C2)N3)cc1. The van der Waals surface area contributed by atoms with E-state index in [0.717, 1.165) is 23.1 Å². The minimum atomic E-state index is 0.396. The summed E-state index contributed by atoms with van der Waals surface area (Å²) in [6.45, 7) is 0. The number of halogens is 1. The van der Waals surface area contributed by atoms with Crippen LogP contribution in [0.4, 0.5) is 0 Å². The number of rotatable bonds is 2. The van der Waals surface area contributed by atoms with Crippen LogP contribution < -0.4 is 10.1 Å². The Morgan fingerprint density at radius 3 is 2.35 bits per heavy atom. The highest BCUT2D eigenvalue weighted by Gasteiger charge is 2.32. The second kappa shape index (κ2) is 4.99. The molecule has 2 nitrogen and oxygen atoms in total. The van der Waals surface area contributed by atoms with Gasteiger partial charge in [-0.15, -0.1) is 0 Å². The smallest absolute Gasteiger partial charge is 0.119 e. The minimum absolute atomic E-state index is 0.396. The van der Waals surface area contributed by atoms with Gasteiger partial charge in [-0.25, -0.2) is 0 Å². The van der Waals surface area contributed by atoms with E-state index in [0.29, 0.717) is 18.2 Å². The molecule has 0 amide bonds. The maximum Gasteiger partial charge on any atom is 0.119 e. The molecule has 2 aliphatic heterocycles. The van der Waals surface area contributed by atoms with Crippen LogP contribution in [0.1, 0.15) is 32.1 Å². The zero-order valence-electron chi connectivity index (χ0n) is 9.86. The molecule has 0 aromatic heterocycles. The Labute approximate surface area is 111 Å². The molecule has 1 aromatic rings. The van der Waals surface area contributed by atoms with Gasteiger partial charge in [0.05, 0.1) is 0 Å². The van der Waals surface area contributed by atoms with E-state index in [1.807, 2.05) is 24.3 Å². The Morgan fingerprint density at radius 1 is 1.06 bits per heavy atom. The van der Waals surface area contributed by atoms with Gasteiger partial charge in [0, 0.05) is 16.6 Å². The van der Waals surface area contributed by atoms with Crippen molar-refractivity contribution in [1.29, 1.82) is 0 Å². The number of nitrogens with one attached hydrogen (secondary N) is 1. The summed E-state index contributed by atoms with van der Waals surface area (Å²) in [4.78, 5) is 0. The van der Waals surface area contributed by atoms with Crippen molar-refractivity contribution in [3.8, 4) is 5.75 Å². The van der Waals surface area contributed by atoms with Gasteiger partial charge in [-0.2, -0.15) is 0 Å². The number of hydrogen-bond donors (Lipinski definition) is 1. The summed E-state index contributed by atoms with van der Waals surface area (Å²) in [5.74, 6) is 0.998. The first-order chi connectivity index (χ1) is 8.29. The largest absolute Gasteiger partial charge is 0.490 e. The molecule has 0 radical (unpaired) electrons. The number of ether oxygens (including phenoxy) is 1. The van der Waals surface area contributed by atoms with Crippen molar-refractivity contribution in [2.24, 2.45) is 0 Å². The molecule has 1 aromatic carbocycles. The molecule has 1 unspecified atom stereocenters. The third-order valence-electron chi connectivity index (χ3n) is 3.79. The average Bonchev–Trinajstić information content (AvgIpc) is 2.32. The average molecular weight is 296 g/mol. The normalized spacial score (nSPS) is 32.2. The van der Waals surface area contributed by atoms with E-state index in [9.17, 15) is 0 Å². The lowest BCUT2D eigenvalue weighted by molar-refractivity contribution is 0.0927. The zero-order valence-corrected chi connectivity index (χ0v) is 11.4. The Balaban J connectivity index is 1.63. The summed E-state index contributed by atoms with van der Waals surface area (Å²) in [5, 5.41) is 3.69. The van der Waals surface area contributed by atoms with E-state index in [2.05, 4.69) is 21.2 Å². The van der Waals surface area contributed by atoms with Gasteiger partial charge in [0.1, 0.15) is 11.9 Å². The summed E-state index contributed by atoms with van der Waals surface area (Å²) in [6, 6.07) is 9.53. The first-order valence-corrected chi connectivity index (χ1v) is 7.27. The minimum Gasteiger partial charge on any atom is -0.490 e. The highest BCUT2D eigenvalue weighted by atomic mass is 79.9. The van der Waals surface area contributed by atoms with Crippen LogP contribution in [0, 0.1) is 0 Å². The molecule has 3 atom stereocenters. The van der Waals surface area contributed by atoms with Gasteiger partial charge in [0.15, 0.2) is 0 Å². The molecule has 17 heavy (non-hydrogen) atoms. The van der Waals surface area contributed by atoms with Gasteiger partial charge < -0.3 is 10.1 Å². The quantitative estimate of drug-likeness (QED) is 0.902. The molecule has 0 spiro atoms. The van der Waals surface area contributed by atoms with E-state index in [1.165, 1.54) is 19.3 Å². The number of benzene rings is 1. The topological polar surface area (TPSA) is 21.3 Å². The van der Waals surface area contributed by atoms with Gasteiger partial charge in [-0.1, -0.05) is 22.4 Å². The number of piperidine rings is 2. The predicted octanol–water partition coefficient (Wildman–Crippen LogP) is 3.50. The molecule has 3 heteroatoms. The molecule has 92 valence electrons. The molecule has 0 aliphatic carbocycles. The standard InChI is InChI=1S/C14H18BrNO/c15-10-4-6-13(7-5-10)17-14-8-11-2-1-3-12(9-14)16-11/h4-7,11-12,14,16H,1-3,8-9H2/t11-,12+,14?. The first-order valence-electron chi connectivity index (χ1n) is 6.48. The van der Waals surface area contributed by atoms with Gasteiger partial charge in [0.2, 0.25) is 0 Å². The molecular formula is C14H18BrNO. The van der Waals surface area contributed by atoms with Crippen molar-refractivity contribution in [3.63, 3.8) is 0 Å². The van der Waals surface area contributed by atoms with Crippen LogP contribution >= 0.6 is 15.9 Å². The van der Waals surface area contributed by atoms with Crippen LogP contribution in [0.3, 0.4) is 0 Å². The highest BCUT2D eigenvalue weighted by molar-refractivity contribution is 9.10. The lowest BCUT2D eigenvalue weighted by atomic mass is 9.85. The van der Waals surface area contributed by atoms with Crippen molar-refractivity contribution >= 4 is 15.9 Å². The zero-order chi connectivity index (χ0) is 11.7. The summed E-state index contributed by atoms with van der Waals surface area (Å²) in [5.41, 5.74) is 0. The third kappa shape index (κ3) is 2.83. The number of hydrogen-bond acceptors (Lipinski definition) is 2. The van der Waals surface area contributed by atoms with Crippen molar-refractivity contribution in [2.45, 2.75) is 50.3 Å². The van der Waals surface area contributed by atoms with Crippen molar-refractivity contribution in [1.82, 2.24) is 5.32 Å². The van der Waals surface area contributed by atoms with E-state index < -0.39 is 0 Å². The van der Waals surface area contributed by atoms with E-state index in [1.54, 1.807) is 0 Å². The van der Waals surface area contributed by atoms with E-state index in [-0.39, 0.29) is 0 Å². The fourth-order valence-corrected chi connectivity index (χ4v) is 3.28. The molecule has 2 saturated heterocycles. The summed E-state index contributed by atoms with van der Waals surface area (Å²) >= 11 is 3.44. The fourth-order valence-electron chi connectivity index (χ4n) is 3.02. The van der Waals surface area contributed by atoms with Crippen LogP contribution in [-0.4, -0.2) is 18.2 Å². The summed E-state index contributed by atoms with van der Waals surface area (Å²) in [7, 11) is 0. The summed E-state index contributed by atoms with van der Waals surface area (Å²) in [6.07, 6.45) is 6.73. The molecular weight excluding hydrogens is 278 g/mol. The Kier molecular flexibility index (Phi) is 3.39. The summed E-state index contributed by atoms with van der Waals surface area (Å²) < 4.78 is 7.19. The molecule has 2 bridgehead atoms. The van der Waals surface area contributed by atoms with Crippen molar-refractivity contribution in [3.05, 3.63) is 28.7 Å². The van der Waals surface area contributed by atoms with Crippen LogP contribution in [0.2, 0.25) is 0 Å². The van der Waals surface area contributed by atoms with Gasteiger partial charge in [0.25, 0.3) is 0 Å². The monoisotopic (exact) mass is 295 g/mol. The van der Waals surface area contributed by atoms with Gasteiger partial charge in [-0.3, -0.25) is 0 Å². The molecule has 0 saturated carbocycles. The molecule has 3 rings (SSSR count). The lowest BCUT2D eigenvalue weighted by Crippen LogP contribution is -2.51. The maximum absolute atomic E-state index is 6.09. The molecule has 1 N–H and O–H groups in total. The number of fused-ring (bicyclic) bond motifs is 2.